The molecule has 5 heteroatoms. The van der Waals surface area contributed by atoms with Crippen LogP contribution in [0.25, 0.3) is 0 Å². The summed E-state index contributed by atoms with van der Waals surface area (Å²) in [7, 11) is 0. The lowest BCUT2D eigenvalue weighted by atomic mass is 10.1. The highest BCUT2D eigenvalue weighted by molar-refractivity contribution is 5.77. The number of hydrogen-bond acceptors (Lipinski definition) is 3. The van der Waals surface area contributed by atoms with Gasteiger partial charge in [0.25, 0.3) is 0 Å². The molecule has 0 saturated carbocycles. The minimum Gasteiger partial charge on any atom is -0.489 e. The van der Waals surface area contributed by atoms with Crippen LogP contribution in [-0.2, 0) is 17.9 Å². The molecule has 3 rings (SSSR count). The molecule has 0 aromatic heterocycles. The van der Waals surface area contributed by atoms with E-state index in [1.807, 2.05) is 23.1 Å². The molecule has 0 radical (unpaired) electrons. The summed E-state index contributed by atoms with van der Waals surface area (Å²) in [6.07, 6.45) is 2.67. The minimum absolute atomic E-state index is 0.221. The first-order valence-electron chi connectivity index (χ1n) is 9.58. The standard InChI is InChI=1S/C22H27FN2O2/c1-17-14-20(27-16-19-6-2-3-7-21(19)23)10-9-18(17)15-24-11-5-13-25-12-4-8-22(25)26/h2-3,6-7,9-10,14,24H,4-5,8,11-13,15-16H2,1H3. The summed E-state index contributed by atoms with van der Waals surface area (Å²) in [5.41, 5.74) is 2.91. The lowest BCUT2D eigenvalue weighted by molar-refractivity contribution is -0.127. The second-order valence-corrected chi connectivity index (χ2v) is 6.98. The van der Waals surface area contributed by atoms with E-state index in [1.54, 1.807) is 18.2 Å². The molecule has 0 aliphatic carbocycles. The van der Waals surface area contributed by atoms with Gasteiger partial charge in [0, 0.05) is 31.6 Å². The summed E-state index contributed by atoms with van der Waals surface area (Å²) in [5, 5.41) is 3.44. The van der Waals surface area contributed by atoms with Crippen molar-refractivity contribution in [1.29, 1.82) is 0 Å². The maximum absolute atomic E-state index is 13.6. The molecule has 1 N–H and O–H groups in total. The van der Waals surface area contributed by atoms with E-state index in [0.29, 0.717) is 12.0 Å². The number of aryl methyl sites for hydroxylation is 1. The van der Waals surface area contributed by atoms with Crippen LogP contribution in [0.3, 0.4) is 0 Å². The van der Waals surface area contributed by atoms with Gasteiger partial charge in [-0.1, -0.05) is 24.3 Å². The molecule has 27 heavy (non-hydrogen) atoms. The smallest absolute Gasteiger partial charge is 0.222 e. The van der Waals surface area contributed by atoms with Gasteiger partial charge in [-0.3, -0.25) is 4.79 Å². The highest BCUT2D eigenvalue weighted by Gasteiger charge is 2.18. The van der Waals surface area contributed by atoms with E-state index in [-0.39, 0.29) is 18.3 Å². The quantitative estimate of drug-likeness (QED) is 0.683. The van der Waals surface area contributed by atoms with E-state index in [9.17, 15) is 9.18 Å². The third kappa shape index (κ3) is 5.54. The van der Waals surface area contributed by atoms with E-state index < -0.39 is 0 Å². The van der Waals surface area contributed by atoms with Crippen molar-refractivity contribution in [3.05, 3.63) is 65.0 Å². The van der Waals surface area contributed by atoms with Gasteiger partial charge >= 0.3 is 0 Å². The van der Waals surface area contributed by atoms with E-state index in [4.69, 9.17) is 4.74 Å². The number of carbonyl (C=O) groups is 1. The lowest BCUT2D eigenvalue weighted by Gasteiger charge is -2.15. The van der Waals surface area contributed by atoms with E-state index in [0.717, 1.165) is 50.3 Å². The molecule has 2 aromatic carbocycles. The molecule has 1 aliphatic heterocycles. The third-order valence-electron chi connectivity index (χ3n) is 4.93. The number of amides is 1. The lowest BCUT2D eigenvalue weighted by Crippen LogP contribution is -2.28. The fourth-order valence-electron chi connectivity index (χ4n) is 3.29. The number of rotatable bonds is 9. The topological polar surface area (TPSA) is 41.6 Å². The Kier molecular flexibility index (Phi) is 6.82. The predicted molar refractivity (Wildman–Crippen MR) is 104 cm³/mol. The van der Waals surface area contributed by atoms with Gasteiger partial charge in [-0.15, -0.1) is 0 Å². The van der Waals surface area contributed by atoms with Crippen LogP contribution < -0.4 is 10.1 Å². The Bertz CT molecular complexity index is 779. The van der Waals surface area contributed by atoms with Gasteiger partial charge in [-0.05, 0) is 55.6 Å². The molecule has 1 aliphatic rings. The molecule has 2 aromatic rings. The Morgan fingerprint density at radius 3 is 2.78 bits per heavy atom. The zero-order valence-corrected chi connectivity index (χ0v) is 15.8. The van der Waals surface area contributed by atoms with Crippen LogP contribution >= 0.6 is 0 Å². The van der Waals surface area contributed by atoms with Crippen LogP contribution in [0.15, 0.2) is 42.5 Å². The Labute approximate surface area is 160 Å². The molecule has 1 heterocycles. The second-order valence-electron chi connectivity index (χ2n) is 6.98. The van der Waals surface area contributed by atoms with Crippen LogP contribution in [0.4, 0.5) is 4.39 Å². The summed E-state index contributed by atoms with van der Waals surface area (Å²) in [6, 6.07) is 12.6. The molecule has 1 fully saturated rings. The zero-order chi connectivity index (χ0) is 19.1. The molecule has 1 amide bonds. The van der Waals surface area contributed by atoms with Crippen molar-refractivity contribution in [2.75, 3.05) is 19.6 Å². The van der Waals surface area contributed by atoms with Crippen molar-refractivity contribution < 1.29 is 13.9 Å². The molecule has 144 valence electrons. The molecular formula is C22H27FN2O2. The molecule has 0 unspecified atom stereocenters. The highest BCUT2D eigenvalue weighted by atomic mass is 19.1. The van der Waals surface area contributed by atoms with Gasteiger partial charge in [0.05, 0.1) is 0 Å². The maximum Gasteiger partial charge on any atom is 0.222 e. The van der Waals surface area contributed by atoms with E-state index >= 15 is 0 Å². The molecule has 4 nitrogen and oxygen atoms in total. The van der Waals surface area contributed by atoms with Crippen LogP contribution in [0.1, 0.15) is 36.0 Å². The monoisotopic (exact) mass is 370 g/mol. The number of carbonyl (C=O) groups excluding carboxylic acids is 1. The Balaban J connectivity index is 1.41. The summed E-state index contributed by atoms with van der Waals surface area (Å²) in [5.74, 6) is 0.787. The largest absolute Gasteiger partial charge is 0.489 e. The summed E-state index contributed by atoms with van der Waals surface area (Å²) in [6.45, 7) is 5.69. The van der Waals surface area contributed by atoms with E-state index in [2.05, 4.69) is 12.2 Å². The summed E-state index contributed by atoms with van der Waals surface area (Å²) < 4.78 is 19.4. The normalized spacial score (nSPS) is 14.0. The highest BCUT2D eigenvalue weighted by Crippen LogP contribution is 2.19. The number of ether oxygens (including phenoxy) is 1. The van der Waals surface area contributed by atoms with Crippen molar-refractivity contribution in [2.45, 2.75) is 39.3 Å². The van der Waals surface area contributed by atoms with Gasteiger partial charge in [0.2, 0.25) is 5.91 Å². The van der Waals surface area contributed by atoms with E-state index in [1.165, 1.54) is 11.6 Å². The third-order valence-corrected chi connectivity index (χ3v) is 4.93. The summed E-state index contributed by atoms with van der Waals surface area (Å²) in [4.78, 5) is 13.5. The molecule has 0 atom stereocenters. The van der Waals surface area contributed by atoms with Gasteiger partial charge in [-0.2, -0.15) is 0 Å². The van der Waals surface area contributed by atoms with Crippen LogP contribution in [0, 0.1) is 12.7 Å². The fraction of sp³-hybridized carbons (Fsp3) is 0.409. The average Bonchev–Trinajstić information content (AvgIpc) is 3.07. The van der Waals surface area contributed by atoms with Crippen molar-refractivity contribution in [1.82, 2.24) is 10.2 Å². The van der Waals surface area contributed by atoms with Gasteiger partial charge in [0.15, 0.2) is 0 Å². The Hall–Kier alpha value is -2.40. The van der Waals surface area contributed by atoms with Crippen molar-refractivity contribution in [2.24, 2.45) is 0 Å². The van der Waals surface area contributed by atoms with Crippen LogP contribution in [0.2, 0.25) is 0 Å². The predicted octanol–water partition coefficient (Wildman–Crippen LogP) is 3.82. The Morgan fingerprint density at radius 2 is 2.04 bits per heavy atom. The van der Waals surface area contributed by atoms with Crippen molar-refractivity contribution in [3.8, 4) is 5.75 Å². The molecule has 0 spiro atoms. The van der Waals surface area contributed by atoms with Crippen molar-refractivity contribution >= 4 is 5.91 Å². The first-order chi connectivity index (χ1) is 13.1. The molecular weight excluding hydrogens is 343 g/mol. The van der Waals surface area contributed by atoms with Crippen LogP contribution in [0.5, 0.6) is 5.75 Å². The first-order valence-corrected chi connectivity index (χ1v) is 9.58. The maximum atomic E-state index is 13.6. The molecule has 0 bridgehead atoms. The number of nitrogens with one attached hydrogen (secondary N) is 1. The number of nitrogens with zero attached hydrogens (tertiary/aromatic N) is 1. The molecule has 1 saturated heterocycles. The average molecular weight is 370 g/mol. The number of likely N-dealkylation sites (tertiary alicyclic amines) is 1. The van der Waals surface area contributed by atoms with Crippen LogP contribution in [-0.4, -0.2) is 30.4 Å². The second kappa shape index (κ2) is 9.51. The van der Waals surface area contributed by atoms with Crippen molar-refractivity contribution in [3.63, 3.8) is 0 Å². The summed E-state index contributed by atoms with van der Waals surface area (Å²) >= 11 is 0. The fourth-order valence-corrected chi connectivity index (χ4v) is 3.29. The van der Waals surface area contributed by atoms with Gasteiger partial charge < -0.3 is 15.0 Å². The van der Waals surface area contributed by atoms with Gasteiger partial charge in [0.1, 0.15) is 18.2 Å². The van der Waals surface area contributed by atoms with Gasteiger partial charge in [-0.25, -0.2) is 4.39 Å². The SMILES string of the molecule is Cc1cc(OCc2ccccc2F)ccc1CNCCCN1CCCC1=O. The number of halogens is 1. The zero-order valence-electron chi connectivity index (χ0n) is 15.8. The Morgan fingerprint density at radius 1 is 1.19 bits per heavy atom. The first kappa shape index (κ1) is 19.4. The number of hydrogen-bond donors (Lipinski definition) is 1. The minimum atomic E-state index is -0.245. The number of benzene rings is 2.